The van der Waals surface area contributed by atoms with Crippen LogP contribution < -0.4 is 11.2 Å². The van der Waals surface area contributed by atoms with Gasteiger partial charge in [-0.05, 0) is 6.92 Å². The molecule has 4 N–H and O–H groups in total. The summed E-state index contributed by atoms with van der Waals surface area (Å²) < 4.78 is 0. The Labute approximate surface area is 63.8 Å². The molecule has 0 heterocycles. The van der Waals surface area contributed by atoms with Crippen molar-refractivity contribution in [1.82, 2.24) is 5.43 Å². The van der Waals surface area contributed by atoms with Crippen LogP contribution in [0.4, 0.5) is 0 Å². The van der Waals surface area contributed by atoms with E-state index in [4.69, 9.17) is 10.8 Å². The van der Waals surface area contributed by atoms with E-state index in [0.717, 1.165) is 0 Å². The summed E-state index contributed by atoms with van der Waals surface area (Å²) in [6.45, 7) is 1.35. The zero-order valence-corrected chi connectivity index (χ0v) is 6.33. The van der Waals surface area contributed by atoms with Crippen LogP contribution >= 0.6 is 0 Å². The van der Waals surface area contributed by atoms with E-state index < -0.39 is 5.97 Å². The summed E-state index contributed by atoms with van der Waals surface area (Å²) in [7, 11) is 1.47. The Bertz CT molecular complexity index is 209. The van der Waals surface area contributed by atoms with Crippen molar-refractivity contribution < 1.29 is 9.90 Å². The van der Waals surface area contributed by atoms with Crippen LogP contribution in [0.2, 0.25) is 0 Å². The van der Waals surface area contributed by atoms with Crippen LogP contribution in [0.25, 0.3) is 0 Å². The van der Waals surface area contributed by atoms with E-state index in [0.29, 0.717) is 0 Å². The van der Waals surface area contributed by atoms with Crippen LogP contribution in [0.15, 0.2) is 10.1 Å². The number of guanidine groups is 1. The highest BCUT2D eigenvalue weighted by molar-refractivity contribution is 6.34. The number of aliphatic carboxylic acids is 1. The van der Waals surface area contributed by atoms with Crippen LogP contribution in [0, 0.1) is 0 Å². The van der Waals surface area contributed by atoms with Crippen molar-refractivity contribution >= 4 is 17.6 Å². The van der Waals surface area contributed by atoms with E-state index in [2.05, 4.69) is 15.5 Å². The minimum absolute atomic E-state index is 0.0726. The average molecular weight is 158 g/mol. The molecule has 0 fully saturated rings. The summed E-state index contributed by atoms with van der Waals surface area (Å²) in [5, 5.41) is 11.7. The molecule has 0 rings (SSSR count). The molecule has 0 saturated carbocycles. The van der Waals surface area contributed by atoms with Gasteiger partial charge in [0.15, 0.2) is 0 Å². The number of aliphatic imine (C=N–C) groups is 1. The molecule has 62 valence electrons. The van der Waals surface area contributed by atoms with Gasteiger partial charge in [-0.25, -0.2) is 10.2 Å². The molecule has 0 bridgehead atoms. The standard InChI is InChI=1S/C5H10N4O2/c1-3(4(10)11)8-9-5(6)7-2/h1-2H3,(H,10,11)(H3,6,7,9)/b8-3+. The Morgan fingerprint density at radius 1 is 1.64 bits per heavy atom. The van der Waals surface area contributed by atoms with Gasteiger partial charge < -0.3 is 10.8 Å². The Hall–Kier alpha value is -1.59. The number of rotatable bonds is 2. The lowest BCUT2D eigenvalue weighted by molar-refractivity contribution is -0.129. The topological polar surface area (TPSA) is 100 Å². The predicted molar refractivity (Wildman–Crippen MR) is 41.4 cm³/mol. The molecule has 0 unspecified atom stereocenters. The first-order valence-corrected chi connectivity index (χ1v) is 2.83. The van der Waals surface area contributed by atoms with Gasteiger partial charge in [0.25, 0.3) is 0 Å². The molecule has 0 aromatic carbocycles. The summed E-state index contributed by atoms with van der Waals surface area (Å²) >= 11 is 0. The summed E-state index contributed by atoms with van der Waals surface area (Å²) in [5.74, 6) is -1.02. The third-order valence-corrected chi connectivity index (χ3v) is 0.889. The van der Waals surface area contributed by atoms with Gasteiger partial charge in [-0.1, -0.05) is 0 Å². The fourth-order valence-electron chi connectivity index (χ4n) is 0.239. The fraction of sp³-hybridized carbons (Fsp3) is 0.400. The SMILES string of the molecule is CN=C(N)N/N=C(\C)C(=O)O. The molecule has 0 radical (unpaired) electrons. The number of hydrogen-bond donors (Lipinski definition) is 3. The van der Waals surface area contributed by atoms with Crippen LogP contribution in [0.5, 0.6) is 0 Å². The van der Waals surface area contributed by atoms with Crippen LogP contribution in [-0.4, -0.2) is 29.8 Å². The highest BCUT2D eigenvalue weighted by Gasteiger charge is 1.99. The molecule has 6 heteroatoms. The van der Waals surface area contributed by atoms with Gasteiger partial charge >= 0.3 is 5.97 Å². The van der Waals surface area contributed by atoms with Gasteiger partial charge in [-0.2, -0.15) is 5.10 Å². The van der Waals surface area contributed by atoms with Gasteiger partial charge in [0.2, 0.25) is 5.96 Å². The molecule has 0 aromatic heterocycles. The minimum atomic E-state index is -1.10. The summed E-state index contributed by atoms with van der Waals surface area (Å²) in [6.07, 6.45) is 0. The zero-order chi connectivity index (χ0) is 8.85. The van der Waals surface area contributed by atoms with E-state index in [1.54, 1.807) is 0 Å². The minimum Gasteiger partial charge on any atom is -0.477 e. The molecule has 0 aliphatic carbocycles. The largest absolute Gasteiger partial charge is 0.477 e. The van der Waals surface area contributed by atoms with Crippen molar-refractivity contribution in [2.75, 3.05) is 7.05 Å². The Kier molecular flexibility index (Phi) is 3.65. The maximum absolute atomic E-state index is 10.1. The maximum atomic E-state index is 10.1. The van der Waals surface area contributed by atoms with E-state index >= 15 is 0 Å². The second-order valence-corrected chi connectivity index (χ2v) is 1.72. The van der Waals surface area contributed by atoms with E-state index in [9.17, 15) is 4.79 Å². The highest BCUT2D eigenvalue weighted by atomic mass is 16.4. The Balaban J connectivity index is 4.03. The summed E-state index contributed by atoms with van der Waals surface area (Å²) in [5.41, 5.74) is 7.34. The normalized spacial score (nSPS) is 12.9. The average Bonchev–Trinajstić information content (AvgIpc) is 1.99. The van der Waals surface area contributed by atoms with Crippen molar-refractivity contribution in [3.8, 4) is 0 Å². The van der Waals surface area contributed by atoms with Crippen molar-refractivity contribution in [2.45, 2.75) is 6.92 Å². The zero-order valence-electron chi connectivity index (χ0n) is 6.33. The van der Waals surface area contributed by atoms with Crippen molar-refractivity contribution in [3.63, 3.8) is 0 Å². The van der Waals surface area contributed by atoms with Gasteiger partial charge in [0, 0.05) is 7.05 Å². The predicted octanol–water partition coefficient (Wildman–Crippen LogP) is -1.02. The van der Waals surface area contributed by atoms with Crippen molar-refractivity contribution in [3.05, 3.63) is 0 Å². The smallest absolute Gasteiger partial charge is 0.351 e. The fourth-order valence-corrected chi connectivity index (χ4v) is 0.239. The highest BCUT2D eigenvalue weighted by Crippen LogP contribution is 1.73. The van der Waals surface area contributed by atoms with Crippen LogP contribution in [-0.2, 0) is 4.79 Å². The quantitative estimate of drug-likeness (QED) is 0.272. The number of carboxylic acids is 1. The molecule has 0 spiro atoms. The van der Waals surface area contributed by atoms with Crippen LogP contribution in [0.3, 0.4) is 0 Å². The molecule has 6 nitrogen and oxygen atoms in total. The first-order chi connectivity index (χ1) is 5.07. The summed E-state index contributed by atoms with van der Waals surface area (Å²) in [6, 6.07) is 0. The van der Waals surface area contributed by atoms with Gasteiger partial charge in [0.05, 0.1) is 0 Å². The van der Waals surface area contributed by atoms with E-state index in [1.165, 1.54) is 14.0 Å². The number of hydrogen-bond acceptors (Lipinski definition) is 3. The second-order valence-electron chi connectivity index (χ2n) is 1.72. The van der Waals surface area contributed by atoms with E-state index in [1.807, 2.05) is 0 Å². The molecular formula is C5H10N4O2. The van der Waals surface area contributed by atoms with Crippen molar-refractivity contribution in [1.29, 1.82) is 0 Å². The number of hydrazone groups is 1. The molecular weight excluding hydrogens is 148 g/mol. The summed E-state index contributed by atoms with van der Waals surface area (Å²) in [4.78, 5) is 13.7. The Morgan fingerprint density at radius 3 is 2.55 bits per heavy atom. The molecule has 0 aromatic rings. The third-order valence-electron chi connectivity index (χ3n) is 0.889. The molecule has 11 heavy (non-hydrogen) atoms. The molecule has 0 aliphatic rings. The lowest BCUT2D eigenvalue weighted by Crippen LogP contribution is -2.28. The van der Waals surface area contributed by atoms with Crippen LogP contribution in [0.1, 0.15) is 6.92 Å². The number of carboxylic acid groups (broad SMARTS) is 1. The lowest BCUT2D eigenvalue weighted by atomic mass is 10.4. The number of nitrogens with two attached hydrogens (primary N) is 1. The Morgan fingerprint density at radius 2 is 2.18 bits per heavy atom. The molecule has 0 amide bonds. The molecule has 0 aliphatic heterocycles. The van der Waals surface area contributed by atoms with Gasteiger partial charge in [0.1, 0.15) is 5.71 Å². The monoisotopic (exact) mass is 158 g/mol. The van der Waals surface area contributed by atoms with Gasteiger partial charge in [-0.15, -0.1) is 0 Å². The van der Waals surface area contributed by atoms with Gasteiger partial charge in [-0.3, -0.25) is 4.99 Å². The molecule has 0 saturated heterocycles. The maximum Gasteiger partial charge on any atom is 0.351 e. The second kappa shape index (κ2) is 4.26. The number of nitrogens with one attached hydrogen (secondary N) is 1. The first kappa shape index (κ1) is 9.41. The first-order valence-electron chi connectivity index (χ1n) is 2.83. The number of nitrogens with zero attached hydrogens (tertiary/aromatic N) is 2. The molecule has 0 atom stereocenters. The van der Waals surface area contributed by atoms with Crippen molar-refractivity contribution in [2.24, 2.45) is 15.8 Å². The number of carbonyl (C=O) groups is 1. The van der Waals surface area contributed by atoms with E-state index in [-0.39, 0.29) is 11.7 Å². The third kappa shape index (κ3) is 3.90. The lowest BCUT2D eigenvalue weighted by Gasteiger charge is -1.96.